The van der Waals surface area contributed by atoms with E-state index in [1.807, 2.05) is 0 Å². The molecule has 4 N–H and O–H groups in total. The lowest BCUT2D eigenvalue weighted by Gasteiger charge is -2.13. The number of halogens is 1. The van der Waals surface area contributed by atoms with Gasteiger partial charge in [0.25, 0.3) is 0 Å². The van der Waals surface area contributed by atoms with Crippen molar-refractivity contribution in [2.45, 2.75) is 12.6 Å². The Morgan fingerprint density at radius 1 is 1.27 bits per heavy atom. The zero-order valence-corrected chi connectivity index (χ0v) is 8.91. The molecule has 0 amide bonds. The van der Waals surface area contributed by atoms with E-state index in [0.717, 1.165) is 5.56 Å². The van der Waals surface area contributed by atoms with E-state index in [9.17, 15) is 5.11 Å². The molecule has 0 aliphatic heterocycles. The third kappa shape index (κ3) is 3.68. The average Bonchev–Trinajstić information content (AvgIpc) is 2.24. The maximum atomic E-state index is 9.18. The summed E-state index contributed by atoms with van der Waals surface area (Å²) in [5.41, 5.74) is 0.879. The fraction of sp³-hybridized carbons (Fsp3) is 0.400. The van der Waals surface area contributed by atoms with Gasteiger partial charge in [0.2, 0.25) is 0 Å². The number of aliphatic hydroxyl groups excluding tert-OH is 2. The molecule has 5 heteroatoms. The molecule has 0 atom stereocenters. The quantitative estimate of drug-likeness (QED) is 0.595. The number of aliphatic hydroxyl groups is 2. The fourth-order valence-electron chi connectivity index (χ4n) is 1.11. The van der Waals surface area contributed by atoms with Gasteiger partial charge in [-0.25, -0.2) is 0 Å². The van der Waals surface area contributed by atoms with E-state index in [-0.39, 0.29) is 25.0 Å². The molecule has 0 saturated heterocycles. The Morgan fingerprint density at radius 2 is 1.93 bits per heavy atom. The maximum Gasteiger partial charge on any atom is 0.134 e. The van der Waals surface area contributed by atoms with Gasteiger partial charge in [0, 0.05) is 6.54 Å². The van der Waals surface area contributed by atoms with E-state index in [1.54, 1.807) is 12.1 Å². The van der Waals surface area contributed by atoms with Crippen LogP contribution in [0.25, 0.3) is 0 Å². The molecule has 0 aliphatic rings. The molecule has 0 unspecified atom stereocenters. The molecule has 1 aromatic rings. The second-order valence-corrected chi connectivity index (χ2v) is 3.64. The van der Waals surface area contributed by atoms with Crippen LogP contribution in [0.2, 0.25) is 5.02 Å². The minimum Gasteiger partial charge on any atom is -0.506 e. The summed E-state index contributed by atoms with van der Waals surface area (Å²) in [4.78, 5) is 0. The monoisotopic (exact) mass is 231 g/mol. The highest BCUT2D eigenvalue weighted by Crippen LogP contribution is 2.23. The zero-order chi connectivity index (χ0) is 11.3. The highest BCUT2D eigenvalue weighted by atomic mass is 35.5. The molecular weight excluding hydrogens is 218 g/mol. The van der Waals surface area contributed by atoms with Crippen molar-refractivity contribution in [2.75, 3.05) is 13.2 Å². The smallest absolute Gasteiger partial charge is 0.134 e. The van der Waals surface area contributed by atoms with Crippen LogP contribution in [0.1, 0.15) is 5.56 Å². The normalized spacial score (nSPS) is 10.9. The number of benzene rings is 1. The van der Waals surface area contributed by atoms with Gasteiger partial charge in [-0.2, -0.15) is 0 Å². The predicted octanol–water partition coefficient (Wildman–Crippen LogP) is 0.488. The first-order chi connectivity index (χ1) is 7.17. The summed E-state index contributed by atoms with van der Waals surface area (Å²) in [5, 5.41) is 30.0. The lowest BCUT2D eigenvalue weighted by atomic mass is 10.2. The van der Waals surface area contributed by atoms with Crippen LogP contribution in [0.15, 0.2) is 18.2 Å². The summed E-state index contributed by atoms with van der Waals surface area (Å²) >= 11 is 5.72. The van der Waals surface area contributed by atoms with E-state index in [2.05, 4.69) is 5.32 Å². The van der Waals surface area contributed by atoms with Crippen LogP contribution >= 0.6 is 11.6 Å². The highest BCUT2D eigenvalue weighted by molar-refractivity contribution is 6.32. The van der Waals surface area contributed by atoms with E-state index in [0.29, 0.717) is 11.6 Å². The van der Waals surface area contributed by atoms with E-state index < -0.39 is 0 Å². The Hall–Kier alpha value is -0.810. The summed E-state index contributed by atoms with van der Waals surface area (Å²) in [7, 11) is 0. The van der Waals surface area contributed by atoms with Gasteiger partial charge in [-0.15, -0.1) is 0 Å². The lowest BCUT2D eigenvalue weighted by molar-refractivity contribution is 0.170. The van der Waals surface area contributed by atoms with Crippen molar-refractivity contribution in [3.8, 4) is 5.75 Å². The zero-order valence-electron chi connectivity index (χ0n) is 8.15. The third-order valence-electron chi connectivity index (χ3n) is 2.05. The largest absolute Gasteiger partial charge is 0.506 e. The second-order valence-electron chi connectivity index (χ2n) is 3.23. The van der Waals surface area contributed by atoms with Gasteiger partial charge in [0.05, 0.1) is 24.3 Å². The molecule has 0 heterocycles. The van der Waals surface area contributed by atoms with Crippen LogP contribution in [0.5, 0.6) is 5.75 Å². The average molecular weight is 232 g/mol. The number of aromatic hydroxyl groups is 1. The van der Waals surface area contributed by atoms with Crippen molar-refractivity contribution in [1.82, 2.24) is 5.32 Å². The summed E-state index contributed by atoms with van der Waals surface area (Å²) in [5.74, 6) is 0.0429. The summed E-state index contributed by atoms with van der Waals surface area (Å²) in [6.45, 7) is 0.233. The minimum absolute atomic E-state index is 0.0429. The first-order valence-corrected chi connectivity index (χ1v) is 4.97. The third-order valence-corrected chi connectivity index (χ3v) is 2.35. The summed E-state index contributed by atoms with van der Waals surface area (Å²) < 4.78 is 0. The summed E-state index contributed by atoms with van der Waals surface area (Å²) in [6.07, 6.45) is 0. The predicted molar refractivity (Wildman–Crippen MR) is 57.9 cm³/mol. The molecule has 0 bridgehead atoms. The van der Waals surface area contributed by atoms with Gasteiger partial charge in [-0.05, 0) is 17.7 Å². The molecule has 1 aromatic carbocycles. The van der Waals surface area contributed by atoms with Gasteiger partial charge in [-0.3, -0.25) is 0 Å². The van der Waals surface area contributed by atoms with Crippen molar-refractivity contribution >= 4 is 11.6 Å². The number of phenols is 1. The first kappa shape index (κ1) is 12.3. The molecule has 0 fully saturated rings. The molecule has 4 nitrogen and oxygen atoms in total. The van der Waals surface area contributed by atoms with Crippen LogP contribution in [0.4, 0.5) is 0 Å². The minimum atomic E-state index is -0.336. The molecule has 0 saturated carbocycles. The van der Waals surface area contributed by atoms with Crippen molar-refractivity contribution in [3.05, 3.63) is 28.8 Å². The Bertz CT molecular complexity index is 316. The fourth-order valence-corrected chi connectivity index (χ4v) is 1.31. The summed E-state index contributed by atoms with van der Waals surface area (Å²) in [6, 6.07) is 4.53. The number of hydrogen-bond acceptors (Lipinski definition) is 4. The van der Waals surface area contributed by atoms with Gasteiger partial charge in [-0.1, -0.05) is 17.7 Å². The number of rotatable bonds is 5. The molecule has 15 heavy (non-hydrogen) atoms. The van der Waals surface area contributed by atoms with Gasteiger partial charge in [0.1, 0.15) is 5.75 Å². The van der Waals surface area contributed by atoms with Gasteiger partial charge in [0.15, 0.2) is 0 Å². The van der Waals surface area contributed by atoms with Gasteiger partial charge >= 0.3 is 0 Å². The molecule has 0 aromatic heterocycles. The number of hydrogen-bond donors (Lipinski definition) is 4. The van der Waals surface area contributed by atoms with Gasteiger partial charge < -0.3 is 20.6 Å². The molecule has 84 valence electrons. The van der Waals surface area contributed by atoms with Crippen LogP contribution < -0.4 is 5.32 Å². The molecular formula is C10H14ClNO3. The topological polar surface area (TPSA) is 72.7 Å². The number of phenolic OH excluding ortho intramolecular Hbond substituents is 1. The second kappa shape index (κ2) is 5.92. The van der Waals surface area contributed by atoms with Crippen LogP contribution in [-0.2, 0) is 6.54 Å². The SMILES string of the molecule is OCC(CO)NCc1ccc(O)c(Cl)c1. The Kier molecular flexibility index (Phi) is 4.84. The van der Waals surface area contributed by atoms with Crippen molar-refractivity contribution in [3.63, 3.8) is 0 Å². The molecule has 1 rings (SSSR count). The highest BCUT2D eigenvalue weighted by Gasteiger charge is 2.05. The Labute approximate surface area is 93.1 Å². The maximum absolute atomic E-state index is 9.18. The van der Waals surface area contributed by atoms with E-state index >= 15 is 0 Å². The molecule has 0 aliphatic carbocycles. The molecule has 0 spiro atoms. The van der Waals surface area contributed by atoms with E-state index in [4.69, 9.17) is 21.8 Å². The Morgan fingerprint density at radius 3 is 2.47 bits per heavy atom. The lowest BCUT2D eigenvalue weighted by Crippen LogP contribution is -2.35. The molecule has 0 radical (unpaired) electrons. The van der Waals surface area contributed by atoms with Crippen LogP contribution in [0.3, 0.4) is 0 Å². The Balaban J connectivity index is 2.54. The first-order valence-electron chi connectivity index (χ1n) is 4.60. The standard InChI is InChI=1S/C10H14ClNO3/c11-9-3-7(1-2-10(9)15)4-12-8(5-13)6-14/h1-3,8,12-15H,4-6H2. The van der Waals surface area contributed by atoms with Crippen molar-refractivity contribution in [1.29, 1.82) is 0 Å². The van der Waals surface area contributed by atoms with E-state index in [1.165, 1.54) is 6.07 Å². The van der Waals surface area contributed by atoms with Crippen molar-refractivity contribution in [2.24, 2.45) is 0 Å². The van der Waals surface area contributed by atoms with Crippen molar-refractivity contribution < 1.29 is 15.3 Å². The van der Waals surface area contributed by atoms with Crippen LogP contribution in [-0.4, -0.2) is 34.6 Å². The van der Waals surface area contributed by atoms with Crippen LogP contribution in [0, 0.1) is 0 Å². The number of nitrogens with one attached hydrogen (secondary N) is 1.